The molecule has 0 aromatic carbocycles. The Morgan fingerprint density at radius 2 is 1.06 bits per heavy atom. The molecule has 0 aromatic heterocycles. The number of hydrogen-bond acceptors (Lipinski definition) is 12. The number of carboxylic acid groups (broad SMARTS) is 3. The van der Waals surface area contributed by atoms with Crippen molar-refractivity contribution in [3.8, 4) is 0 Å². The molecule has 0 saturated heterocycles. The molecule has 15 nitrogen and oxygen atoms in total. The molecule has 0 heterocycles. The van der Waals surface area contributed by atoms with Gasteiger partial charge >= 0.3 is 11.9 Å². The van der Waals surface area contributed by atoms with Crippen LogP contribution < -0.4 is 5.11 Å². The van der Waals surface area contributed by atoms with Crippen LogP contribution in [0.2, 0.25) is 0 Å². The molecule has 10 N–H and O–H groups in total. The van der Waals surface area contributed by atoms with Crippen molar-refractivity contribution < 1.29 is 75.0 Å². The normalized spacial score (nSPS) is 10.8. The second-order valence-electron chi connectivity index (χ2n) is 7.24. The second-order valence-corrected chi connectivity index (χ2v) is 7.24. The minimum Gasteiger partial charge on any atom is -0.547 e. The number of aliphatic carboxylic acids is 3. The highest BCUT2D eigenvalue weighted by atomic mass is 16.4. The zero-order chi connectivity index (χ0) is 26.5. The Labute approximate surface area is 185 Å². The summed E-state index contributed by atoms with van der Waals surface area (Å²) in [6, 6.07) is 0. The lowest BCUT2D eigenvalue weighted by atomic mass is 9.96. The lowest BCUT2D eigenvalue weighted by Crippen LogP contribution is -2.51. The number of aliphatic hydroxyl groups is 8. The first-order chi connectivity index (χ1) is 14.5. The van der Waals surface area contributed by atoms with Crippen LogP contribution >= 0.6 is 0 Å². The highest BCUT2D eigenvalue weighted by Gasteiger charge is 2.34. The fourth-order valence-electron chi connectivity index (χ4n) is 1.12. The molecule has 15 heteroatoms. The third-order valence-electron chi connectivity index (χ3n) is 2.88. The van der Waals surface area contributed by atoms with Crippen molar-refractivity contribution in [2.24, 2.45) is 0 Å². The van der Waals surface area contributed by atoms with Gasteiger partial charge in [-0.3, -0.25) is 9.59 Å². The van der Waals surface area contributed by atoms with E-state index in [2.05, 4.69) is 21.1 Å². The molecule has 0 aromatic rings. The maximum Gasteiger partial charge on any atom is 0.306 e. The van der Waals surface area contributed by atoms with E-state index in [1.165, 1.54) is 0 Å². The van der Waals surface area contributed by atoms with Crippen LogP contribution in [0, 0.1) is 0 Å². The monoisotopic (exact) mass is 479 g/mol. The largest absolute Gasteiger partial charge is 0.547 e. The van der Waals surface area contributed by atoms with Crippen LogP contribution in [-0.2, 0) is 14.4 Å². The van der Waals surface area contributed by atoms with Crippen molar-refractivity contribution in [2.45, 2.75) is 30.7 Å². The van der Waals surface area contributed by atoms with E-state index in [0.29, 0.717) is 0 Å². The SMILES string of the molecule is C[N+](C)(C)CCO.O=C(O)CC(O)(CC(=O)O)C(=O)[O-].OCC(O)CO.OCC(O)CO. The molecule has 0 fully saturated rings. The van der Waals surface area contributed by atoms with E-state index in [-0.39, 0.29) is 33.0 Å². The Bertz CT molecular complexity index is 460. The fourth-order valence-corrected chi connectivity index (χ4v) is 1.12. The van der Waals surface area contributed by atoms with Gasteiger partial charge in [-0.25, -0.2) is 0 Å². The summed E-state index contributed by atoms with van der Waals surface area (Å²) >= 11 is 0. The number of rotatable bonds is 11. The Kier molecular flexibility index (Phi) is 24.4. The number of carbonyl (C=O) groups is 3. The van der Waals surface area contributed by atoms with Crippen LogP contribution in [0.1, 0.15) is 12.8 Å². The molecule has 32 heavy (non-hydrogen) atoms. The van der Waals surface area contributed by atoms with Gasteiger partial charge in [0.2, 0.25) is 0 Å². The van der Waals surface area contributed by atoms with Gasteiger partial charge in [-0.15, -0.1) is 0 Å². The van der Waals surface area contributed by atoms with Crippen molar-refractivity contribution in [2.75, 3.05) is 60.7 Å². The summed E-state index contributed by atoms with van der Waals surface area (Å²) in [5.74, 6) is -5.35. The van der Waals surface area contributed by atoms with Gasteiger partial charge in [0, 0.05) is 0 Å². The maximum absolute atomic E-state index is 10.2. The predicted octanol–water partition coefficient (Wildman–Crippen LogP) is -6.23. The predicted molar refractivity (Wildman–Crippen MR) is 105 cm³/mol. The van der Waals surface area contributed by atoms with Crippen molar-refractivity contribution >= 4 is 17.9 Å². The lowest BCUT2D eigenvalue weighted by molar-refractivity contribution is -0.870. The third-order valence-corrected chi connectivity index (χ3v) is 2.88. The number of likely N-dealkylation sites (N-methyl/N-ethyl adjacent to an activating group) is 1. The number of carbonyl (C=O) groups excluding carboxylic acids is 1. The van der Waals surface area contributed by atoms with E-state index in [0.717, 1.165) is 11.0 Å². The van der Waals surface area contributed by atoms with Gasteiger partial charge in [0.05, 0.1) is 73.0 Å². The van der Waals surface area contributed by atoms with Crippen LogP contribution in [0.5, 0.6) is 0 Å². The molecule has 0 rings (SSSR count). The topological polar surface area (TPSA) is 277 Å². The first-order valence-corrected chi connectivity index (χ1v) is 9.04. The molecule has 0 saturated carbocycles. The number of quaternary nitrogens is 1. The Morgan fingerprint density at radius 3 is 1.12 bits per heavy atom. The molecule has 0 aliphatic carbocycles. The van der Waals surface area contributed by atoms with E-state index < -0.39 is 48.6 Å². The van der Waals surface area contributed by atoms with E-state index in [1.807, 2.05) is 0 Å². The van der Waals surface area contributed by atoms with Crippen molar-refractivity contribution in [1.29, 1.82) is 0 Å². The Hall–Kier alpha value is -1.95. The van der Waals surface area contributed by atoms with E-state index >= 15 is 0 Å². The molecule has 0 bridgehead atoms. The van der Waals surface area contributed by atoms with E-state index in [4.69, 9.17) is 51.1 Å². The first kappa shape index (κ1) is 37.4. The Balaban J connectivity index is -0.000000176. The van der Waals surface area contributed by atoms with Gasteiger partial charge in [0.15, 0.2) is 0 Å². The molecule has 0 spiro atoms. The quantitative estimate of drug-likeness (QED) is 0.123. The van der Waals surface area contributed by atoms with Gasteiger partial charge in [-0.2, -0.15) is 0 Å². The maximum atomic E-state index is 10.2. The average molecular weight is 479 g/mol. The summed E-state index contributed by atoms with van der Waals surface area (Å²) in [6.07, 6.45) is -4.32. The van der Waals surface area contributed by atoms with Gasteiger partial charge in [-0.05, 0) is 0 Å². The van der Waals surface area contributed by atoms with E-state index in [1.54, 1.807) is 0 Å². The van der Waals surface area contributed by atoms with Crippen LogP contribution in [0.15, 0.2) is 0 Å². The average Bonchev–Trinajstić information content (AvgIpc) is 2.65. The number of nitrogens with zero attached hydrogens (tertiary/aromatic N) is 1. The lowest BCUT2D eigenvalue weighted by Gasteiger charge is -2.25. The minimum absolute atomic E-state index is 0.281. The molecule has 0 radical (unpaired) electrons. The van der Waals surface area contributed by atoms with Crippen molar-refractivity contribution in [3.63, 3.8) is 0 Å². The first-order valence-electron chi connectivity index (χ1n) is 9.04. The van der Waals surface area contributed by atoms with Gasteiger partial charge in [0.1, 0.15) is 24.4 Å². The van der Waals surface area contributed by atoms with Gasteiger partial charge in [-0.1, -0.05) is 0 Å². The second kappa shape index (κ2) is 20.9. The minimum atomic E-state index is -2.85. The Morgan fingerprint density at radius 1 is 0.781 bits per heavy atom. The number of carboxylic acids is 3. The molecule has 0 amide bonds. The molecule has 0 atom stereocenters. The summed E-state index contributed by atoms with van der Waals surface area (Å²) in [4.78, 5) is 30.3. The highest BCUT2D eigenvalue weighted by Crippen LogP contribution is 2.14. The van der Waals surface area contributed by atoms with Crippen LogP contribution in [0.25, 0.3) is 0 Å². The molecule has 0 aliphatic rings. The molecule has 0 aliphatic heterocycles. The number of aliphatic hydroxyl groups excluding tert-OH is 7. The van der Waals surface area contributed by atoms with Crippen LogP contribution in [0.3, 0.4) is 0 Å². The van der Waals surface area contributed by atoms with Gasteiger partial charge in [0.25, 0.3) is 0 Å². The molecule has 194 valence electrons. The molecular weight excluding hydrogens is 442 g/mol. The number of hydrogen-bond donors (Lipinski definition) is 10. The zero-order valence-corrected chi connectivity index (χ0v) is 18.4. The summed E-state index contributed by atoms with van der Waals surface area (Å²) in [7, 11) is 6.16. The summed E-state index contributed by atoms with van der Waals surface area (Å²) in [5, 5.41) is 92.0. The summed E-state index contributed by atoms with van der Waals surface area (Å²) in [5.41, 5.74) is -2.85. The fraction of sp³-hybridized carbons (Fsp3) is 0.824. The van der Waals surface area contributed by atoms with Crippen LogP contribution in [-0.4, -0.2) is 152 Å². The standard InChI is InChI=1S/C6H8O7.C5H14NO.2C3H8O3/c7-3(8)1-6(13,5(11)12)2-4(9)10;1-6(2,3)4-5-7;2*4-1-3(6)2-5/h13H,1-2H2,(H,7,8)(H,9,10)(H,11,12);7H,4-5H2,1-3H3;2*3-6H,1-2H2/q;+1;;/p-1. The van der Waals surface area contributed by atoms with Crippen LogP contribution in [0.4, 0.5) is 0 Å². The van der Waals surface area contributed by atoms with E-state index in [9.17, 15) is 19.5 Å². The summed E-state index contributed by atoms with van der Waals surface area (Å²) < 4.78 is 0.844. The summed E-state index contributed by atoms with van der Waals surface area (Å²) in [6.45, 7) is -0.344. The van der Waals surface area contributed by atoms with Crippen molar-refractivity contribution in [1.82, 2.24) is 0 Å². The molecular formula is C17H37NO14. The highest BCUT2D eigenvalue weighted by molar-refractivity contribution is 5.86. The zero-order valence-electron chi connectivity index (χ0n) is 18.4. The molecule has 0 unspecified atom stereocenters. The van der Waals surface area contributed by atoms with Crippen molar-refractivity contribution in [3.05, 3.63) is 0 Å². The van der Waals surface area contributed by atoms with Gasteiger partial charge < -0.3 is 65.4 Å². The smallest absolute Gasteiger partial charge is 0.306 e. The third kappa shape index (κ3) is 30.2.